The molecule has 6 nitrogen and oxygen atoms in total. The molecule has 0 radical (unpaired) electrons. The number of rotatable bonds is 1. The molecule has 0 amide bonds. The molecule has 1 aliphatic carbocycles. The first kappa shape index (κ1) is 10.7. The van der Waals surface area contributed by atoms with Gasteiger partial charge in [-0.3, -0.25) is 0 Å². The fraction of sp³-hybridized carbons (Fsp3) is 0.889. The summed E-state index contributed by atoms with van der Waals surface area (Å²) in [5, 5.41) is 28.4. The van der Waals surface area contributed by atoms with E-state index in [1.165, 1.54) is 0 Å². The first-order valence-corrected chi connectivity index (χ1v) is 4.95. The largest absolute Gasteiger partial charge is 0.457 e. The Morgan fingerprint density at radius 3 is 2.53 bits per heavy atom. The second-order valence-electron chi connectivity index (χ2n) is 4.21. The van der Waals surface area contributed by atoms with Crippen LogP contribution in [0.4, 0.5) is 0 Å². The first-order chi connectivity index (χ1) is 7.06. The van der Waals surface area contributed by atoms with E-state index in [1.54, 1.807) is 19.0 Å². The van der Waals surface area contributed by atoms with E-state index >= 15 is 0 Å². The van der Waals surface area contributed by atoms with E-state index in [0.29, 0.717) is 6.02 Å². The third-order valence-electron chi connectivity index (χ3n) is 2.99. The molecule has 86 valence electrons. The molecule has 0 aromatic heterocycles. The minimum absolute atomic E-state index is 0.201. The van der Waals surface area contributed by atoms with Crippen molar-refractivity contribution in [2.75, 3.05) is 20.7 Å². The van der Waals surface area contributed by atoms with Crippen LogP contribution in [-0.2, 0) is 4.74 Å². The number of aliphatic hydroxyl groups is 3. The van der Waals surface area contributed by atoms with Crippen LogP contribution in [0.5, 0.6) is 0 Å². The lowest BCUT2D eigenvalue weighted by Gasteiger charge is -2.19. The highest BCUT2D eigenvalue weighted by Crippen LogP contribution is 2.35. The zero-order valence-electron chi connectivity index (χ0n) is 8.74. The Hall–Kier alpha value is -0.850. The second kappa shape index (κ2) is 3.62. The van der Waals surface area contributed by atoms with Gasteiger partial charge in [0, 0.05) is 20.0 Å². The summed E-state index contributed by atoms with van der Waals surface area (Å²) >= 11 is 0. The van der Waals surface area contributed by atoms with Gasteiger partial charge in [-0.15, -0.1) is 0 Å². The monoisotopic (exact) mass is 216 g/mol. The highest BCUT2D eigenvalue weighted by Gasteiger charge is 2.54. The molecule has 1 fully saturated rings. The molecule has 2 rings (SSSR count). The predicted molar refractivity (Wildman–Crippen MR) is 52.4 cm³/mol. The lowest BCUT2D eigenvalue weighted by atomic mass is 10.0. The number of aliphatic imine (C=N–C) groups is 1. The molecule has 0 bridgehead atoms. The van der Waals surface area contributed by atoms with Gasteiger partial charge in [0.15, 0.2) is 6.10 Å². The molecule has 0 spiro atoms. The number of amidine groups is 1. The molecule has 1 aliphatic heterocycles. The van der Waals surface area contributed by atoms with Crippen molar-refractivity contribution in [1.82, 2.24) is 4.90 Å². The molecule has 15 heavy (non-hydrogen) atoms. The van der Waals surface area contributed by atoms with Gasteiger partial charge in [-0.05, 0) is 0 Å². The third-order valence-corrected chi connectivity index (χ3v) is 2.99. The maximum atomic E-state index is 9.69. The Morgan fingerprint density at radius 2 is 2.00 bits per heavy atom. The highest BCUT2D eigenvalue weighted by molar-refractivity contribution is 5.75. The van der Waals surface area contributed by atoms with Crippen LogP contribution < -0.4 is 0 Å². The molecule has 6 heteroatoms. The Balaban J connectivity index is 2.20. The van der Waals surface area contributed by atoms with Crippen LogP contribution in [-0.4, -0.2) is 71.3 Å². The summed E-state index contributed by atoms with van der Waals surface area (Å²) in [5.41, 5.74) is 0. The molecular formula is C9H16N2O4. The van der Waals surface area contributed by atoms with Gasteiger partial charge in [-0.1, -0.05) is 0 Å². The molecule has 0 saturated heterocycles. The summed E-state index contributed by atoms with van der Waals surface area (Å²) < 4.78 is 5.42. The van der Waals surface area contributed by atoms with Gasteiger partial charge >= 0.3 is 0 Å². The van der Waals surface area contributed by atoms with E-state index in [9.17, 15) is 10.2 Å². The smallest absolute Gasteiger partial charge is 0.287 e. The standard InChI is InChI=1S/C9H16N2O4/c1-11(2)9-10-5-4(3-12)6(13)7(14)8(5)15-9/h4-8,12-14H,3H2,1-2H3. The molecule has 1 saturated carbocycles. The lowest BCUT2D eigenvalue weighted by molar-refractivity contribution is -0.0279. The molecule has 5 atom stereocenters. The Morgan fingerprint density at radius 1 is 1.33 bits per heavy atom. The lowest BCUT2D eigenvalue weighted by Crippen LogP contribution is -2.35. The number of nitrogens with zero attached hydrogens (tertiary/aromatic N) is 2. The zero-order valence-corrected chi connectivity index (χ0v) is 8.74. The Kier molecular flexibility index (Phi) is 2.57. The maximum Gasteiger partial charge on any atom is 0.287 e. The average Bonchev–Trinajstić information content (AvgIpc) is 2.69. The van der Waals surface area contributed by atoms with Crippen LogP contribution in [0.3, 0.4) is 0 Å². The van der Waals surface area contributed by atoms with E-state index in [2.05, 4.69) is 4.99 Å². The van der Waals surface area contributed by atoms with Gasteiger partial charge < -0.3 is 25.0 Å². The maximum absolute atomic E-state index is 9.69. The van der Waals surface area contributed by atoms with E-state index in [-0.39, 0.29) is 12.6 Å². The second-order valence-corrected chi connectivity index (χ2v) is 4.21. The summed E-state index contributed by atoms with van der Waals surface area (Å²) in [6.07, 6.45) is -2.47. The molecule has 0 aromatic rings. The van der Waals surface area contributed by atoms with Crippen molar-refractivity contribution < 1.29 is 20.1 Å². The highest BCUT2D eigenvalue weighted by atomic mass is 16.5. The molecule has 3 N–H and O–H groups in total. The Labute approximate surface area is 87.8 Å². The van der Waals surface area contributed by atoms with Gasteiger partial charge in [0.2, 0.25) is 0 Å². The van der Waals surface area contributed by atoms with Gasteiger partial charge in [0.1, 0.15) is 12.1 Å². The molecule has 0 aromatic carbocycles. The minimum Gasteiger partial charge on any atom is -0.457 e. The van der Waals surface area contributed by atoms with Gasteiger partial charge in [0.25, 0.3) is 6.02 Å². The van der Waals surface area contributed by atoms with Crippen molar-refractivity contribution >= 4 is 6.02 Å². The molecule has 1 heterocycles. The van der Waals surface area contributed by atoms with Gasteiger partial charge in [-0.2, -0.15) is 0 Å². The molecular weight excluding hydrogens is 200 g/mol. The summed E-state index contributed by atoms with van der Waals surface area (Å²) in [6, 6.07) is 0.0896. The van der Waals surface area contributed by atoms with Crippen molar-refractivity contribution in [3.05, 3.63) is 0 Å². The summed E-state index contributed by atoms with van der Waals surface area (Å²) in [5.74, 6) is -0.442. The Bertz CT molecular complexity index is 281. The van der Waals surface area contributed by atoms with Gasteiger partial charge in [-0.25, -0.2) is 4.99 Å². The topological polar surface area (TPSA) is 85.5 Å². The van der Waals surface area contributed by atoms with Crippen molar-refractivity contribution in [2.24, 2.45) is 10.9 Å². The number of hydrogen-bond donors (Lipinski definition) is 3. The van der Waals surface area contributed by atoms with Crippen LogP contribution >= 0.6 is 0 Å². The predicted octanol–water partition coefficient (Wildman–Crippen LogP) is -1.98. The summed E-state index contributed by atoms with van der Waals surface area (Å²) in [7, 11) is 3.58. The van der Waals surface area contributed by atoms with E-state index in [0.717, 1.165) is 0 Å². The first-order valence-electron chi connectivity index (χ1n) is 4.95. The van der Waals surface area contributed by atoms with Gasteiger partial charge in [0.05, 0.1) is 12.7 Å². The van der Waals surface area contributed by atoms with E-state index in [1.807, 2.05) is 0 Å². The average molecular weight is 216 g/mol. The SMILES string of the molecule is CN(C)C1=NC2C(CO)C(O)C(O)C2O1. The quantitative estimate of drug-likeness (QED) is 0.473. The molecule has 5 unspecified atom stereocenters. The van der Waals surface area contributed by atoms with Crippen molar-refractivity contribution in [3.8, 4) is 0 Å². The van der Waals surface area contributed by atoms with Crippen molar-refractivity contribution in [2.45, 2.75) is 24.4 Å². The van der Waals surface area contributed by atoms with E-state index < -0.39 is 24.2 Å². The van der Waals surface area contributed by atoms with Crippen LogP contribution in [0.15, 0.2) is 4.99 Å². The van der Waals surface area contributed by atoms with E-state index in [4.69, 9.17) is 9.84 Å². The number of aliphatic hydroxyl groups excluding tert-OH is 3. The fourth-order valence-corrected chi connectivity index (χ4v) is 2.12. The van der Waals surface area contributed by atoms with Crippen molar-refractivity contribution in [3.63, 3.8) is 0 Å². The van der Waals surface area contributed by atoms with Crippen LogP contribution in [0.1, 0.15) is 0 Å². The minimum atomic E-state index is -0.978. The van der Waals surface area contributed by atoms with Crippen LogP contribution in [0, 0.1) is 5.92 Å². The zero-order chi connectivity index (χ0) is 11.2. The number of ether oxygens (including phenoxy) is 1. The number of hydrogen-bond acceptors (Lipinski definition) is 6. The normalized spacial score (nSPS) is 43.5. The fourth-order valence-electron chi connectivity index (χ4n) is 2.12. The van der Waals surface area contributed by atoms with Crippen molar-refractivity contribution in [1.29, 1.82) is 0 Å². The summed E-state index contributed by atoms with van der Waals surface area (Å²) in [6.45, 7) is -0.201. The summed E-state index contributed by atoms with van der Waals surface area (Å²) in [4.78, 5) is 5.94. The molecule has 2 aliphatic rings. The third kappa shape index (κ3) is 1.49. The van der Waals surface area contributed by atoms with Crippen LogP contribution in [0.2, 0.25) is 0 Å². The van der Waals surface area contributed by atoms with Crippen LogP contribution in [0.25, 0.3) is 0 Å². The number of fused-ring (bicyclic) bond motifs is 1.